The summed E-state index contributed by atoms with van der Waals surface area (Å²) < 4.78 is 44.9. The van der Waals surface area contributed by atoms with Crippen LogP contribution in [0.5, 0.6) is 5.75 Å². The Labute approximate surface area is 191 Å². The van der Waals surface area contributed by atoms with Crippen LogP contribution in [0, 0.1) is 11.7 Å². The lowest BCUT2D eigenvalue weighted by atomic mass is 10.0. The summed E-state index contributed by atoms with van der Waals surface area (Å²) in [6.07, 6.45) is 5.29. The number of anilines is 1. The highest BCUT2D eigenvalue weighted by Crippen LogP contribution is 2.31. The summed E-state index contributed by atoms with van der Waals surface area (Å²) in [6.45, 7) is 2.11. The number of hydrogen-bond acceptors (Lipinski definition) is 7. The number of sulfone groups is 1. The van der Waals surface area contributed by atoms with Gasteiger partial charge in [-0.25, -0.2) is 27.6 Å². The number of aromatic nitrogens is 2. The van der Waals surface area contributed by atoms with Gasteiger partial charge in [-0.1, -0.05) is 13.0 Å². The van der Waals surface area contributed by atoms with Crippen molar-refractivity contribution in [3.63, 3.8) is 0 Å². The first-order valence-corrected chi connectivity index (χ1v) is 12.6. The molecule has 4 rings (SSSR count). The second kappa shape index (κ2) is 9.42. The predicted octanol–water partition coefficient (Wildman–Crippen LogP) is 2.22. The molecule has 1 atom stereocenters. The molecule has 9 nitrogen and oxygen atoms in total. The Balaban J connectivity index is 1.33. The van der Waals surface area contributed by atoms with Gasteiger partial charge in [-0.3, -0.25) is 15.0 Å². The highest BCUT2D eigenvalue weighted by molar-refractivity contribution is 7.91. The fraction of sp³-hybridized carbons (Fsp3) is 0.455. The minimum Gasteiger partial charge on any atom is -0.490 e. The molecule has 1 aliphatic carbocycles. The Hall–Kier alpha value is -3.08. The summed E-state index contributed by atoms with van der Waals surface area (Å²) in [4.78, 5) is 32.2. The minimum atomic E-state index is -3.42. The van der Waals surface area contributed by atoms with E-state index in [-0.39, 0.29) is 42.1 Å². The van der Waals surface area contributed by atoms with Crippen molar-refractivity contribution in [1.82, 2.24) is 15.3 Å². The minimum absolute atomic E-state index is 0.0783. The van der Waals surface area contributed by atoms with Crippen LogP contribution < -0.4 is 15.0 Å². The second-order valence-corrected chi connectivity index (χ2v) is 10.8. The third-order valence-corrected chi connectivity index (χ3v) is 7.46. The molecule has 176 valence electrons. The summed E-state index contributed by atoms with van der Waals surface area (Å²) in [5, 5.41) is 2.14. The molecule has 2 aromatic rings. The molecular formula is C22H25FN4O5S. The Morgan fingerprint density at radius 1 is 1.24 bits per heavy atom. The summed E-state index contributed by atoms with van der Waals surface area (Å²) >= 11 is 0. The lowest BCUT2D eigenvalue weighted by Gasteiger charge is -2.15. The third-order valence-electron chi connectivity index (χ3n) is 5.63. The highest BCUT2D eigenvalue weighted by Gasteiger charge is 2.30. The van der Waals surface area contributed by atoms with E-state index in [1.165, 1.54) is 18.5 Å². The third kappa shape index (κ3) is 6.04. The number of carbonyl (C=O) groups is 2. The van der Waals surface area contributed by atoms with Crippen LogP contribution in [0.25, 0.3) is 0 Å². The summed E-state index contributed by atoms with van der Waals surface area (Å²) in [5.41, 5.74) is 1.30. The number of aryl methyl sites for hydroxylation is 1. The molecular weight excluding hydrogens is 451 g/mol. The normalized spacial score (nSPS) is 17.2. The first kappa shape index (κ1) is 23.1. The molecule has 2 aliphatic rings. The molecule has 2 fully saturated rings. The van der Waals surface area contributed by atoms with Crippen LogP contribution in [0.3, 0.4) is 0 Å². The van der Waals surface area contributed by atoms with E-state index in [1.54, 1.807) is 19.1 Å². The van der Waals surface area contributed by atoms with Crippen molar-refractivity contribution in [2.75, 3.05) is 29.6 Å². The molecule has 0 bridgehead atoms. The van der Waals surface area contributed by atoms with Crippen molar-refractivity contribution in [3.05, 3.63) is 47.5 Å². The van der Waals surface area contributed by atoms with Gasteiger partial charge in [0.25, 0.3) is 0 Å². The van der Waals surface area contributed by atoms with Crippen molar-refractivity contribution in [1.29, 1.82) is 0 Å². The molecule has 1 N–H and O–H groups in total. The van der Waals surface area contributed by atoms with Gasteiger partial charge in [0.2, 0.25) is 11.9 Å². The van der Waals surface area contributed by atoms with E-state index in [0.717, 1.165) is 17.7 Å². The van der Waals surface area contributed by atoms with Crippen LogP contribution in [0.1, 0.15) is 36.8 Å². The first-order chi connectivity index (χ1) is 15.7. The zero-order valence-electron chi connectivity index (χ0n) is 18.2. The Morgan fingerprint density at radius 2 is 1.97 bits per heavy atom. The van der Waals surface area contributed by atoms with Crippen LogP contribution in [-0.2, 0) is 21.1 Å². The zero-order chi connectivity index (χ0) is 23.6. The van der Waals surface area contributed by atoms with Crippen LogP contribution >= 0.6 is 0 Å². The van der Waals surface area contributed by atoms with Gasteiger partial charge in [-0.15, -0.1) is 0 Å². The van der Waals surface area contributed by atoms with E-state index in [9.17, 15) is 22.4 Å². The maximum Gasteiger partial charge on any atom is 0.331 e. The van der Waals surface area contributed by atoms with E-state index >= 15 is 0 Å². The molecule has 33 heavy (non-hydrogen) atoms. The maximum atomic E-state index is 14.0. The van der Waals surface area contributed by atoms with Crippen LogP contribution in [-0.4, -0.2) is 55.0 Å². The number of rotatable bonds is 10. The fourth-order valence-corrected chi connectivity index (χ4v) is 5.15. The Morgan fingerprint density at radius 3 is 2.61 bits per heavy atom. The molecule has 1 saturated carbocycles. The number of carbonyl (C=O) groups excluding carboxylic acids is 2. The van der Waals surface area contributed by atoms with E-state index < -0.39 is 27.6 Å². The number of nitrogens with zero attached hydrogens (tertiary/aromatic N) is 3. The number of ether oxygens (including phenoxy) is 1. The standard InChI is InChI=1S/C22H25FN4O5S/c1-14(17-4-5-18(23)19(8-17)32-12-15-2-3-15)13-33(30,31)7-6-16-9-24-21(25-10-16)27-11-20(28)26-22(27)29/h4-5,8-10,14-15H,2-3,6-7,11-13H2,1H3,(H,26,28,29)/t14-/m0/s1. The van der Waals surface area contributed by atoms with Gasteiger partial charge in [0.05, 0.1) is 18.1 Å². The molecule has 0 spiro atoms. The number of halogens is 1. The molecule has 1 aliphatic heterocycles. The molecule has 3 amide bonds. The molecule has 1 saturated heterocycles. The molecule has 11 heteroatoms. The summed E-state index contributed by atoms with van der Waals surface area (Å²) in [6, 6.07) is 3.90. The predicted molar refractivity (Wildman–Crippen MR) is 118 cm³/mol. The van der Waals surface area contributed by atoms with E-state index in [4.69, 9.17) is 4.74 Å². The van der Waals surface area contributed by atoms with Gasteiger partial charge in [0.15, 0.2) is 21.4 Å². The second-order valence-electron chi connectivity index (χ2n) is 8.54. The molecule has 2 heterocycles. The number of imide groups is 1. The SMILES string of the molecule is C[C@@H](CS(=O)(=O)CCc1cnc(N2CC(=O)NC2=O)nc1)c1ccc(F)c(OCC2CC2)c1. The van der Waals surface area contributed by atoms with Gasteiger partial charge in [-0.2, -0.15) is 0 Å². The number of urea groups is 1. The number of nitrogens with one attached hydrogen (secondary N) is 1. The van der Waals surface area contributed by atoms with Crippen molar-refractivity contribution < 1.29 is 27.1 Å². The maximum absolute atomic E-state index is 14.0. The average Bonchev–Trinajstić information content (AvgIpc) is 3.54. The van der Waals surface area contributed by atoms with Crippen LogP contribution in [0.2, 0.25) is 0 Å². The molecule has 0 unspecified atom stereocenters. The van der Waals surface area contributed by atoms with Crippen molar-refractivity contribution in [3.8, 4) is 5.75 Å². The average molecular weight is 477 g/mol. The molecule has 1 aromatic heterocycles. The van der Waals surface area contributed by atoms with Gasteiger partial charge in [0.1, 0.15) is 6.54 Å². The Bertz CT molecular complexity index is 1150. The quantitative estimate of drug-likeness (QED) is 0.522. The lowest BCUT2D eigenvalue weighted by molar-refractivity contribution is -0.117. The monoisotopic (exact) mass is 476 g/mol. The smallest absolute Gasteiger partial charge is 0.331 e. The van der Waals surface area contributed by atoms with Crippen molar-refractivity contribution in [2.45, 2.75) is 32.1 Å². The zero-order valence-corrected chi connectivity index (χ0v) is 19.0. The highest BCUT2D eigenvalue weighted by atomic mass is 32.2. The lowest BCUT2D eigenvalue weighted by Crippen LogP contribution is -2.29. The summed E-state index contributed by atoms with van der Waals surface area (Å²) in [7, 11) is -3.42. The van der Waals surface area contributed by atoms with E-state index in [1.807, 2.05) is 0 Å². The van der Waals surface area contributed by atoms with Gasteiger partial charge >= 0.3 is 6.03 Å². The van der Waals surface area contributed by atoms with E-state index in [0.29, 0.717) is 23.7 Å². The van der Waals surface area contributed by atoms with Crippen molar-refractivity contribution in [2.24, 2.45) is 5.92 Å². The fourth-order valence-electron chi connectivity index (χ4n) is 3.48. The topological polar surface area (TPSA) is 119 Å². The number of benzene rings is 1. The van der Waals surface area contributed by atoms with Crippen LogP contribution in [0.4, 0.5) is 15.1 Å². The largest absolute Gasteiger partial charge is 0.490 e. The summed E-state index contributed by atoms with van der Waals surface area (Å²) in [5.74, 6) is -0.680. The molecule has 1 aromatic carbocycles. The number of amides is 3. The number of hydrogen-bond donors (Lipinski definition) is 1. The van der Waals surface area contributed by atoms with Gasteiger partial charge < -0.3 is 4.74 Å². The Kier molecular flexibility index (Phi) is 6.59. The van der Waals surface area contributed by atoms with Gasteiger partial charge in [0, 0.05) is 12.4 Å². The van der Waals surface area contributed by atoms with Crippen LogP contribution in [0.15, 0.2) is 30.6 Å². The first-order valence-electron chi connectivity index (χ1n) is 10.7. The van der Waals surface area contributed by atoms with Crippen molar-refractivity contribution >= 4 is 27.7 Å². The van der Waals surface area contributed by atoms with Gasteiger partial charge in [-0.05, 0) is 54.4 Å². The molecule has 0 radical (unpaired) electrons. The van der Waals surface area contributed by atoms with E-state index in [2.05, 4.69) is 15.3 Å².